The van der Waals surface area contributed by atoms with Crippen LogP contribution in [0.4, 0.5) is 0 Å². The molecule has 3 rings (SSSR count). The van der Waals surface area contributed by atoms with Gasteiger partial charge in [0, 0.05) is 18.1 Å². The molecule has 6 heteroatoms. The minimum Gasteiger partial charge on any atom is -0.303 e. The van der Waals surface area contributed by atoms with Crippen LogP contribution in [0.1, 0.15) is 57.8 Å². The molecule has 0 aromatic heterocycles. The van der Waals surface area contributed by atoms with Gasteiger partial charge >= 0.3 is 0 Å². The monoisotopic (exact) mass is 357 g/mol. The third kappa shape index (κ3) is 4.51. The van der Waals surface area contributed by atoms with Crippen LogP contribution in [0, 0.1) is 0 Å². The quantitative estimate of drug-likeness (QED) is 0.730. The van der Waals surface area contributed by atoms with E-state index in [0.717, 1.165) is 51.2 Å². The first-order chi connectivity index (χ1) is 11.4. The van der Waals surface area contributed by atoms with Gasteiger partial charge < -0.3 is 9.80 Å². The third-order valence-electron chi connectivity index (χ3n) is 6.42. The van der Waals surface area contributed by atoms with Gasteiger partial charge in [-0.3, -0.25) is 0 Å². The molecule has 0 aromatic rings. The van der Waals surface area contributed by atoms with Crippen LogP contribution in [0.3, 0.4) is 0 Å². The van der Waals surface area contributed by atoms with Crippen LogP contribution in [0.5, 0.6) is 0 Å². The first-order valence-electron chi connectivity index (χ1n) is 9.86. The highest BCUT2D eigenvalue weighted by molar-refractivity contribution is 7.88. The Labute approximate surface area is 148 Å². The highest BCUT2D eigenvalue weighted by atomic mass is 32.2. The molecule has 3 aliphatic rings. The van der Waals surface area contributed by atoms with Crippen molar-refractivity contribution in [2.45, 2.75) is 75.9 Å². The fourth-order valence-electron chi connectivity index (χ4n) is 4.77. The molecule has 1 saturated carbocycles. The largest absolute Gasteiger partial charge is 0.303 e. The molecule has 2 aliphatic heterocycles. The SMILES string of the molecule is CN1CCC[C@@H]1CCN1CCC[C@@H](N(C2CCC2)S(C)(=O)=O)CC1. The van der Waals surface area contributed by atoms with Gasteiger partial charge in [-0.2, -0.15) is 4.31 Å². The highest BCUT2D eigenvalue weighted by Gasteiger charge is 2.37. The van der Waals surface area contributed by atoms with Gasteiger partial charge in [0.05, 0.1) is 6.26 Å². The summed E-state index contributed by atoms with van der Waals surface area (Å²) in [4.78, 5) is 5.08. The van der Waals surface area contributed by atoms with Crippen LogP contribution in [0.2, 0.25) is 0 Å². The van der Waals surface area contributed by atoms with Gasteiger partial charge in [0.2, 0.25) is 10.0 Å². The van der Waals surface area contributed by atoms with Crippen molar-refractivity contribution in [1.29, 1.82) is 0 Å². The van der Waals surface area contributed by atoms with E-state index in [1.165, 1.54) is 45.0 Å². The maximum Gasteiger partial charge on any atom is 0.211 e. The van der Waals surface area contributed by atoms with E-state index in [9.17, 15) is 8.42 Å². The smallest absolute Gasteiger partial charge is 0.211 e. The maximum absolute atomic E-state index is 12.3. The minimum atomic E-state index is -3.08. The summed E-state index contributed by atoms with van der Waals surface area (Å²) in [6.07, 6.45) is 11.8. The van der Waals surface area contributed by atoms with Gasteiger partial charge in [0.1, 0.15) is 0 Å². The van der Waals surface area contributed by atoms with Gasteiger partial charge in [-0.15, -0.1) is 0 Å². The molecule has 0 radical (unpaired) electrons. The van der Waals surface area contributed by atoms with E-state index in [1.54, 1.807) is 0 Å². The number of sulfonamides is 1. The minimum absolute atomic E-state index is 0.226. The summed E-state index contributed by atoms with van der Waals surface area (Å²) in [7, 11) is -0.834. The second-order valence-electron chi connectivity index (χ2n) is 8.17. The summed E-state index contributed by atoms with van der Waals surface area (Å²) in [6, 6.07) is 1.26. The third-order valence-corrected chi connectivity index (χ3v) is 7.78. The summed E-state index contributed by atoms with van der Waals surface area (Å²) < 4.78 is 26.5. The van der Waals surface area contributed by atoms with E-state index in [-0.39, 0.29) is 12.1 Å². The normalized spacial score (nSPS) is 31.3. The number of rotatable bonds is 6. The summed E-state index contributed by atoms with van der Waals surface area (Å²) in [5.41, 5.74) is 0. The zero-order chi connectivity index (χ0) is 17.2. The van der Waals surface area contributed by atoms with Crippen molar-refractivity contribution in [2.75, 3.05) is 39.5 Å². The van der Waals surface area contributed by atoms with Gasteiger partial charge in [-0.05, 0) is 84.6 Å². The second kappa shape index (κ2) is 8.02. The Morgan fingerprint density at radius 3 is 2.17 bits per heavy atom. The Kier molecular flexibility index (Phi) is 6.22. The predicted octanol–water partition coefficient (Wildman–Crippen LogP) is 2.14. The van der Waals surface area contributed by atoms with E-state index in [0.29, 0.717) is 0 Å². The van der Waals surface area contributed by atoms with E-state index < -0.39 is 10.0 Å². The van der Waals surface area contributed by atoms with Gasteiger partial charge in [-0.25, -0.2) is 8.42 Å². The molecule has 140 valence electrons. The molecule has 0 amide bonds. The van der Waals surface area contributed by atoms with E-state index in [4.69, 9.17) is 0 Å². The number of nitrogens with zero attached hydrogens (tertiary/aromatic N) is 3. The number of hydrogen-bond acceptors (Lipinski definition) is 4. The van der Waals surface area contributed by atoms with Gasteiger partial charge in [0.15, 0.2) is 0 Å². The molecule has 2 heterocycles. The van der Waals surface area contributed by atoms with Crippen LogP contribution in [-0.2, 0) is 10.0 Å². The summed E-state index contributed by atoms with van der Waals surface area (Å²) in [5, 5.41) is 0. The van der Waals surface area contributed by atoms with E-state index in [1.807, 2.05) is 4.31 Å². The molecule has 5 nitrogen and oxygen atoms in total. The Hall–Kier alpha value is -0.170. The molecule has 2 saturated heterocycles. The Bertz CT molecular complexity index is 506. The standard InChI is InChI=1S/C18H35N3O2S/c1-19-12-4-8-16(19)10-14-20-13-5-9-18(11-15-20)21(24(2,22)23)17-6-3-7-17/h16-18H,3-15H2,1-2H3/t16-,18-/m1/s1. The molecule has 0 unspecified atom stereocenters. The first kappa shape index (κ1) is 18.6. The molecule has 3 fully saturated rings. The number of hydrogen-bond donors (Lipinski definition) is 0. The Balaban J connectivity index is 1.52. The lowest BCUT2D eigenvalue weighted by atomic mass is 9.91. The first-order valence-corrected chi connectivity index (χ1v) is 11.7. The molecular formula is C18H35N3O2S. The highest BCUT2D eigenvalue weighted by Crippen LogP contribution is 2.32. The molecular weight excluding hydrogens is 322 g/mol. The molecule has 0 bridgehead atoms. The predicted molar refractivity (Wildman–Crippen MR) is 98.7 cm³/mol. The lowest BCUT2D eigenvalue weighted by molar-refractivity contribution is 0.160. The average molecular weight is 358 g/mol. The zero-order valence-corrected chi connectivity index (χ0v) is 16.3. The fourth-order valence-corrected chi connectivity index (χ4v) is 6.28. The van der Waals surface area contributed by atoms with Crippen LogP contribution in [0.25, 0.3) is 0 Å². The van der Waals surface area contributed by atoms with Crippen molar-refractivity contribution in [2.24, 2.45) is 0 Å². The van der Waals surface area contributed by atoms with Crippen LogP contribution < -0.4 is 0 Å². The van der Waals surface area contributed by atoms with Gasteiger partial charge in [-0.1, -0.05) is 6.42 Å². The topological polar surface area (TPSA) is 43.9 Å². The van der Waals surface area contributed by atoms with Crippen molar-refractivity contribution in [1.82, 2.24) is 14.1 Å². The number of likely N-dealkylation sites (tertiary alicyclic amines) is 2. The molecule has 24 heavy (non-hydrogen) atoms. The second-order valence-corrected chi connectivity index (χ2v) is 10.1. The Morgan fingerprint density at radius 1 is 0.917 bits per heavy atom. The van der Waals surface area contributed by atoms with Crippen molar-refractivity contribution < 1.29 is 8.42 Å². The van der Waals surface area contributed by atoms with E-state index >= 15 is 0 Å². The summed E-state index contributed by atoms with van der Waals surface area (Å²) >= 11 is 0. The fraction of sp³-hybridized carbons (Fsp3) is 1.00. The summed E-state index contributed by atoms with van der Waals surface area (Å²) in [5.74, 6) is 0. The van der Waals surface area contributed by atoms with Crippen molar-refractivity contribution in [3.05, 3.63) is 0 Å². The van der Waals surface area contributed by atoms with Crippen LogP contribution >= 0.6 is 0 Å². The molecule has 2 atom stereocenters. The molecule has 0 spiro atoms. The average Bonchev–Trinajstić information content (AvgIpc) is 2.74. The van der Waals surface area contributed by atoms with Crippen LogP contribution in [0.15, 0.2) is 0 Å². The lowest BCUT2D eigenvalue weighted by Gasteiger charge is -2.40. The van der Waals surface area contributed by atoms with E-state index in [2.05, 4.69) is 16.8 Å². The molecule has 0 N–H and O–H groups in total. The van der Waals surface area contributed by atoms with Crippen molar-refractivity contribution in [3.8, 4) is 0 Å². The van der Waals surface area contributed by atoms with Crippen molar-refractivity contribution >= 4 is 10.0 Å². The van der Waals surface area contributed by atoms with Crippen molar-refractivity contribution in [3.63, 3.8) is 0 Å². The van der Waals surface area contributed by atoms with Gasteiger partial charge in [0.25, 0.3) is 0 Å². The molecule has 1 aliphatic carbocycles. The zero-order valence-electron chi connectivity index (χ0n) is 15.5. The summed E-state index contributed by atoms with van der Waals surface area (Å²) in [6.45, 7) is 4.61. The Morgan fingerprint density at radius 2 is 1.58 bits per heavy atom. The maximum atomic E-state index is 12.3. The van der Waals surface area contributed by atoms with Crippen LogP contribution in [-0.4, -0.2) is 80.1 Å². The lowest BCUT2D eigenvalue weighted by Crippen LogP contribution is -2.49. The molecule has 0 aromatic carbocycles.